The van der Waals surface area contributed by atoms with E-state index in [4.69, 9.17) is 14.5 Å². The summed E-state index contributed by atoms with van der Waals surface area (Å²) in [6.45, 7) is 8.86. The third kappa shape index (κ3) is 5.03. The summed E-state index contributed by atoms with van der Waals surface area (Å²) in [7, 11) is 1.62. The van der Waals surface area contributed by atoms with Gasteiger partial charge in [0.1, 0.15) is 6.10 Å². The molecule has 1 amide bonds. The molecule has 1 saturated heterocycles. The minimum Gasteiger partial charge on any atom is -0.383 e. The normalized spacial score (nSPS) is 18.1. The number of pyridine rings is 1. The number of hydrogen-bond acceptors (Lipinski definition) is 5. The maximum atomic E-state index is 12.7. The molecule has 0 saturated carbocycles. The number of carbonyl (C=O) groups is 1. The Labute approximate surface area is 160 Å². The lowest BCUT2D eigenvalue weighted by molar-refractivity contribution is -0.0351. The second-order valence-corrected chi connectivity index (χ2v) is 7.37. The monoisotopic (exact) mass is 371 g/mol. The molecule has 1 aromatic carbocycles. The number of morpholine rings is 1. The molecule has 1 unspecified atom stereocenters. The van der Waals surface area contributed by atoms with Gasteiger partial charge >= 0.3 is 0 Å². The molecule has 1 atom stereocenters. The number of amides is 1. The first-order chi connectivity index (χ1) is 13.1. The lowest BCUT2D eigenvalue weighted by atomic mass is 10.0. The lowest BCUT2D eigenvalue weighted by Crippen LogP contribution is -2.40. The Morgan fingerprint density at radius 3 is 3.00 bits per heavy atom. The van der Waals surface area contributed by atoms with Crippen LogP contribution in [0.25, 0.3) is 10.9 Å². The van der Waals surface area contributed by atoms with Crippen molar-refractivity contribution in [1.29, 1.82) is 0 Å². The molecular formula is C21H29N3O3. The van der Waals surface area contributed by atoms with Gasteiger partial charge in [-0.15, -0.1) is 0 Å². The number of para-hydroxylation sites is 1. The van der Waals surface area contributed by atoms with Crippen LogP contribution in [-0.4, -0.2) is 62.3 Å². The molecule has 27 heavy (non-hydrogen) atoms. The van der Waals surface area contributed by atoms with Crippen molar-refractivity contribution in [3.05, 3.63) is 41.6 Å². The first-order valence-corrected chi connectivity index (χ1v) is 9.59. The average Bonchev–Trinajstić information content (AvgIpc) is 2.67. The first-order valence-electron chi connectivity index (χ1n) is 9.59. The summed E-state index contributed by atoms with van der Waals surface area (Å²) < 4.78 is 11.0. The van der Waals surface area contributed by atoms with Gasteiger partial charge in [0, 0.05) is 38.7 Å². The standard InChI is InChI=1S/C21H29N3O3/c1-15(2)13-24-9-11-27-20(14-24)19-12-17(21(25)22-8-10-26-3)16-6-4-5-7-18(16)23-19/h4-7,12,15,20H,8-11,13-14H2,1-3H3,(H,22,25). The summed E-state index contributed by atoms with van der Waals surface area (Å²) in [5.74, 6) is 0.497. The summed E-state index contributed by atoms with van der Waals surface area (Å²) in [5, 5.41) is 3.77. The predicted octanol–water partition coefficient (Wildman–Crippen LogP) is 2.64. The molecule has 0 radical (unpaired) electrons. The molecule has 1 N–H and O–H groups in total. The summed E-state index contributed by atoms with van der Waals surface area (Å²) in [6, 6.07) is 9.63. The molecule has 0 bridgehead atoms. The predicted molar refractivity (Wildman–Crippen MR) is 106 cm³/mol. The highest BCUT2D eigenvalue weighted by Gasteiger charge is 2.25. The highest BCUT2D eigenvalue weighted by Crippen LogP contribution is 2.26. The van der Waals surface area contributed by atoms with E-state index in [1.807, 2.05) is 30.3 Å². The summed E-state index contributed by atoms with van der Waals surface area (Å²) in [6.07, 6.45) is -0.118. The quantitative estimate of drug-likeness (QED) is 0.758. The molecule has 0 aliphatic carbocycles. The van der Waals surface area contributed by atoms with Crippen LogP contribution < -0.4 is 5.32 Å². The fourth-order valence-corrected chi connectivity index (χ4v) is 3.47. The summed E-state index contributed by atoms with van der Waals surface area (Å²) in [4.78, 5) is 19.9. The van der Waals surface area contributed by atoms with Gasteiger partial charge < -0.3 is 14.8 Å². The number of fused-ring (bicyclic) bond motifs is 1. The number of methoxy groups -OCH3 is 1. The van der Waals surface area contributed by atoms with Crippen molar-refractivity contribution in [1.82, 2.24) is 15.2 Å². The fraction of sp³-hybridized carbons (Fsp3) is 0.524. The van der Waals surface area contributed by atoms with Crippen LogP contribution in [-0.2, 0) is 9.47 Å². The Balaban J connectivity index is 1.88. The van der Waals surface area contributed by atoms with Crippen molar-refractivity contribution in [2.45, 2.75) is 20.0 Å². The Bertz CT molecular complexity index is 778. The van der Waals surface area contributed by atoms with Crippen LogP contribution in [0.2, 0.25) is 0 Å². The number of benzene rings is 1. The second kappa shape index (κ2) is 9.26. The summed E-state index contributed by atoms with van der Waals surface area (Å²) >= 11 is 0. The largest absolute Gasteiger partial charge is 0.383 e. The number of carbonyl (C=O) groups excluding carboxylic acids is 1. The number of nitrogens with one attached hydrogen (secondary N) is 1. The Morgan fingerprint density at radius 1 is 1.41 bits per heavy atom. The zero-order chi connectivity index (χ0) is 19.2. The van der Waals surface area contributed by atoms with E-state index in [0.717, 1.165) is 36.2 Å². The summed E-state index contributed by atoms with van der Waals surface area (Å²) in [5.41, 5.74) is 2.27. The van der Waals surface area contributed by atoms with E-state index in [9.17, 15) is 4.79 Å². The topological polar surface area (TPSA) is 63.7 Å². The Hall–Kier alpha value is -2.02. The number of hydrogen-bond donors (Lipinski definition) is 1. The molecule has 6 nitrogen and oxygen atoms in total. The highest BCUT2D eigenvalue weighted by atomic mass is 16.5. The zero-order valence-electron chi connectivity index (χ0n) is 16.4. The lowest BCUT2D eigenvalue weighted by Gasteiger charge is -2.33. The van der Waals surface area contributed by atoms with E-state index >= 15 is 0 Å². The Morgan fingerprint density at radius 2 is 2.22 bits per heavy atom. The van der Waals surface area contributed by atoms with E-state index in [2.05, 4.69) is 24.1 Å². The SMILES string of the molecule is COCCNC(=O)c1cc(C2CN(CC(C)C)CCO2)nc2ccccc12. The Kier molecular flexibility index (Phi) is 6.77. The molecule has 2 aromatic rings. The van der Waals surface area contributed by atoms with Gasteiger partial charge in [0.2, 0.25) is 0 Å². The van der Waals surface area contributed by atoms with E-state index in [-0.39, 0.29) is 12.0 Å². The third-order valence-electron chi connectivity index (χ3n) is 4.68. The zero-order valence-corrected chi connectivity index (χ0v) is 16.4. The molecule has 1 fully saturated rings. The van der Waals surface area contributed by atoms with Crippen LogP contribution in [0.3, 0.4) is 0 Å². The van der Waals surface area contributed by atoms with Gasteiger partial charge in [-0.3, -0.25) is 9.69 Å². The van der Waals surface area contributed by atoms with Gasteiger partial charge in [-0.25, -0.2) is 4.98 Å². The number of aromatic nitrogens is 1. The van der Waals surface area contributed by atoms with Crippen LogP contribution in [0.5, 0.6) is 0 Å². The van der Waals surface area contributed by atoms with Crippen molar-refractivity contribution in [2.75, 3.05) is 46.5 Å². The molecule has 146 valence electrons. The minimum atomic E-state index is -0.118. The molecule has 2 heterocycles. The van der Waals surface area contributed by atoms with Gasteiger partial charge in [0.25, 0.3) is 5.91 Å². The third-order valence-corrected chi connectivity index (χ3v) is 4.68. The van der Waals surface area contributed by atoms with Crippen molar-refractivity contribution >= 4 is 16.8 Å². The van der Waals surface area contributed by atoms with E-state index in [0.29, 0.717) is 31.2 Å². The van der Waals surface area contributed by atoms with Gasteiger partial charge in [-0.1, -0.05) is 32.0 Å². The first kappa shape index (κ1) is 19.7. The molecular weight excluding hydrogens is 342 g/mol. The molecule has 1 aliphatic heterocycles. The second-order valence-electron chi connectivity index (χ2n) is 7.37. The van der Waals surface area contributed by atoms with Crippen molar-refractivity contribution in [3.8, 4) is 0 Å². The fourth-order valence-electron chi connectivity index (χ4n) is 3.47. The maximum absolute atomic E-state index is 12.7. The van der Waals surface area contributed by atoms with Crippen LogP contribution in [0.4, 0.5) is 0 Å². The van der Waals surface area contributed by atoms with Gasteiger partial charge in [-0.05, 0) is 18.1 Å². The number of rotatable bonds is 7. The van der Waals surface area contributed by atoms with Crippen molar-refractivity contribution < 1.29 is 14.3 Å². The van der Waals surface area contributed by atoms with Crippen LogP contribution in [0.15, 0.2) is 30.3 Å². The van der Waals surface area contributed by atoms with E-state index in [1.165, 1.54) is 0 Å². The molecule has 0 spiro atoms. The smallest absolute Gasteiger partial charge is 0.252 e. The molecule has 1 aromatic heterocycles. The van der Waals surface area contributed by atoms with Gasteiger partial charge in [0.15, 0.2) is 0 Å². The van der Waals surface area contributed by atoms with Crippen LogP contribution in [0, 0.1) is 5.92 Å². The molecule has 1 aliphatic rings. The average molecular weight is 371 g/mol. The molecule has 3 rings (SSSR count). The van der Waals surface area contributed by atoms with Crippen molar-refractivity contribution in [3.63, 3.8) is 0 Å². The number of ether oxygens (including phenoxy) is 2. The van der Waals surface area contributed by atoms with E-state index < -0.39 is 0 Å². The maximum Gasteiger partial charge on any atom is 0.252 e. The van der Waals surface area contributed by atoms with Crippen molar-refractivity contribution in [2.24, 2.45) is 5.92 Å². The number of nitrogens with zero attached hydrogens (tertiary/aromatic N) is 2. The van der Waals surface area contributed by atoms with E-state index in [1.54, 1.807) is 7.11 Å². The van der Waals surface area contributed by atoms with Crippen LogP contribution in [0.1, 0.15) is 36.0 Å². The molecule has 6 heteroatoms. The van der Waals surface area contributed by atoms with Crippen LogP contribution >= 0.6 is 0 Å². The minimum absolute atomic E-state index is 0.109. The highest BCUT2D eigenvalue weighted by molar-refractivity contribution is 6.06. The van der Waals surface area contributed by atoms with Gasteiger partial charge in [0.05, 0.1) is 30.0 Å². The van der Waals surface area contributed by atoms with Gasteiger partial charge in [-0.2, -0.15) is 0 Å².